The fourth-order valence-corrected chi connectivity index (χ4v) is 2.09. The average Bonchev–Trinajstić information content (AvgIpc) is 2.96. The van der Waals surface area contributed by atoms with E-state index in [0.29, 0.717) is 11.3 Å². The number of aliphatic imine (C=N–C) groups is 1. The van der Waals surface area contributed by atoms with Gasteiger partial charge in [0.2, 0.25) is 0 Å². The molecular weight excluding hydrogens is 252 g/mol. The topological polar surface area (TPSA) is 58.4 Å². The van der Waals surface area contributed by atoms with Crippen LogP contribution >= 0.6 is 11.6 Å². The lowest BCUT2D eigenvalue weighted by molar-refractivity contribution is 0.386. The minimum Gasteiger partial charge on any atom is -0.338 e. The van der Waals surface area contributed by atoms with E-state index in [1.807, 2.05) is 24.3 Å². The molecule has 0 radical (unpaired) electrons. The van der Waals surface area contributed by atoms with Gasteiger partial charge in [-0.05, 0) is 12.1 Å². The van der Waals surface area contributed by atoms with Gasteiger partial charge in [0.05, 0.1) is 22.8 Å². The van der Waals surface area contributed by atoms with E-state index in [1.54, 1.807) is 12.3 Å². The molecule has 2 aromatic rings. The van der Waals surface area contributed by atoms with Gasteiger partial charge in [0, 0.05) is 17.4 Å². The van der Waals surface area contributed by atoms with Gasteiger partial charge >= 0.3 is 5.63 Å². The van der Waals surface area contributed by atoms with Crippen LogP contribution in [-0.4, -0.2) is 11.4 Å². The summed E-state index contributed by atoms with van der Waals surface area (Å²) in [5.41, 5.74) is 3.38. The van der Waals surface area contributed by atoms with Crippen molar-refractivity contribution in [2.45, 2.75) is 5.88 Å². The molecule has 1 N–H and O–H groups in total. The summed E-state index contributed by atoms with van der Waals surface area (Å²) in [4.78, 5) is 15.8. The number of alkyl halides is 1. The minimum atomic E-state index is -0.420. The summed E-state index contributed by atoms with van der Waals surface area (Å²) in [6.45, 7) is 0. The molecule has 4 nitrogen and oxygen atoms in total. The van der Waals surface area contributed by atoms with Crippen molar-refractivity contribution in [3.05, 3.63) is 51.5 Å². The van der Waals surface area contributed by atoms with Crippen molar-refractivity contribution < 1.29 is 4.52 Å². The van der Waals surface area contributed by atoms with E-state index in [4.69, 9.17) is 16.1 Å². The Balaban J connectivity index is 2.12. The molecule has 0 fully saturated rings. The molecule has 1 aliphatic heterocycles. The van der Waals surface area contributed by atoms with Crippen LogP contribution in [0, 0.1) is 0 Å². The van der Waals surface area contributed by atoms with Gasteiger partial charge in [-0.15, -0.1) is 11.6 Å². The first-order chi connectivity index (χ1) is 8.79. The number of para-hydroxylation sites is 1. The molecular formula is C13H9ClN2O2. The van der Waals surface area contributed by atoms with E-state index in [2.05, 4.69) is 10.1 Å². The van der Waals surface area contributed by atoms with Crippen LogP contribution in [-0.2, 0) is 5.88 Å². The molecule has 0 bridgehead atoms. The number of rotatable bonds is 2. The third-order valence-corrected chi connectivity index (χ3v) is 3.07. The molecule has 0 spiro atoms. The van der Waals surface area contributed by atoms with Crippen LogP contribution < -0.4 is 5.63 Å². The van der Waals surface area contributed by atoms with Crippen LogP contribution in [0.25, 0.3) is 11.6 Å². The highest BCUT2D eigenvalue weighted by atomic mass is 35.5. The molecule has 0 atom stereocenters. The Kier molecular flexibility index (Phi) is 2.64. The molecule has 18 heavy (non-hydrogen) atoms. The summed E-state index contributed by atoms with van der Waals surface area (Å²) >= 11 is 5.74. The Hall–Kier alpha value is -2.07. The molecule has 0 aliphatic carbocycles. The number of H-pyrrole nitrogens is 1. The van der Waals surface area contributed by atoms with Crippen LogP contribution in [0.1, 0.15) is 16.8 Å². The van der Waals surface area contributed by atoms with Crippen molar-refractivity contribution in [2.75, 3.05) is 0 Å². The summed E-state index contributed by atoms with van der Waals surface area (Å²) in [7, 11) is 0. The van der Waals surface area contributed by atoms with Crippen molar-refractivity contribution >= 4 is 35.2 Å². The number of allylic oxidation sites excluding steroid dienone is 1. The number of hydrogen-bond donors (Lipinski definition) is 1. The van der Waals surface area contributed by atoms with Crippen LogP contribution in [0.3, 0.4) is 0 Å². The van der Waals surface area contributed by atoms with Gasteiger partial charge in [0.25, 0.3) is 0 Å². The van der Waals surface area contributed by atoms with Crippen molar-refractivity contribution in [3.8, 4) is 0 Å². The van der Waals surface area contributed by atoms with E-state index in [-0.39, 0.29) is 5.88 Å². The van der Waals surface area contributed by atoms with Crippen molar-refractivity contribution in [1.82, 2.24) is 5.16 Å². The second kappa shape index (κ2) is 4.31. The standard InChI is InChI=1S/C13H9ClN2O2/c14-6-12-10(13(17)18-16-12)5-8-7-15-11-4-2-1-3-9(8)11/h1-5,7,16H,6H2. The number of nitrogens with zero attached hydrogens (tertiary/aromatic N) is 1. The van der Waals surface area contributed by atoms with Crippen LogP contribution in [0.15, 0.2) is 38.6 Å². The molecule has 2 heterocycles. The predicted octanol–water partition coefficient (Wildman–Crippen LogP) is 2.96. The Labute approximate surface area is 108 Å². The van der Waals surface area contributed by atoms with Gasteiger partial charge in [-0.25, -0.2) is 9.95 Å². The highest BCUT2D eigenvalue weighted by Crippen LogP contribution is 2.32. The number of benzene rings is 1. The van der Waals surface area contributed by atoms with Gasteiger partial charge in [0.15, 0.2) is 0 Å². The molecule has 3 rings (SSSR count). The number of hydrogen-bond acceptors (Lipinski definition) is 3. The maximum absolute atomic E-state index is 11.6. The Bertz CT molecular complexity index is 710. The summed E-state index contributed by atoms with van der Waals surface area (Å²) in [6.07, 6.45) is 3.48. The molecule has 90 valence electrons. The van der Waals surface area contributed by atoms with E-state index >= 15 is 0 Å². The van der Waals surface area contributed by atoms with Crippen LogP contribution in [0.2, 0.25) is 0 Å². The third-order valence-electron chi connectivity index (χ3n) is 2.80. The van der Waals surface area contributed by atoms with Gasteiger partial charge in [0.1, 0.15) is 0 Å². The number of aromatic nitrogens is 1. The van der Waals surface area contributed by atoms with Crippen molar-refractivity contribution in [3.63, 3.8) is 0 Å². The van der Waals surface area contributed by atoms with Gasteiger partial charge in [-0.2, -0.15) is 0 Å². The summed E-state index contributed by atoms with van der Waals surface area (Å²) in [5, 5.41) is 2.51. The highest BCUT2D eigenvalue weighted by Gasteiger charge is 2.14. The first kappa shape index (κ1) is 11.0. The lowest BCUT2D eigenvalue weighted by atomic mass is 10.0. The van der Waals surface area contributed by atoms with E-state index < -0.39 is 5.63 Å². The van der Waals surface area contributed by atoms with E-state index in [9.17, 15) is 4.79 Å². The lowest BCUT2D eigenvalue weighted by Crippen LogP contribution is -1.98. The second-order valence-electron chi connectivity index (χ2n) is 3.89. The predicted molar refractivity (Wildman–Crippen MR) is 71.4 cm³/mol. The zero-order valence-electron chi connectivity index (χ0n) is 9.31. The molecule has 5 heteroatoms. The Morgan fingerprint density at radius 1 is 1.39 bits per heavy atom. The molecule has 1 aromatic carbocycles. The quantitative estimate of drug-likeness (QED) is 0.844. The SMILES string of the molecule is O=c1o[nH]c(CCl)c1C=C1C=Nc2ccccc21. The lowest BCUT2D eigenvalue weighted by Gasteiger charge is -1.98. The van der Waals surface area contributed by atoms with Crippen molar-refractivity contribution in [1.29, 1.82) is 0 Å². The number of nitrogens with one attached hydrogen (secondary N) is 1. The minimum absolute atomic E-state index is 0.198. The average molecular weight is 261 g/mol. The highest BCUT2D eigenvalue weighted by molar-refractivity contribution is 6.21. The fraction of sp³-hybridized carbons (Fsp3) is 0.0769. The molecule has 1 aromatic heterocycles. The van der Waals surface area contributed by atoms with Gasteiger partial charge < -0.3 is 4.52 Å². The van der Waals surface area contributed by atoms with Crippen molar-refractivity contribution in [2.24, 2.45) is 4.99 Å². The Morgan fingerprint density at radius 2 is 2.22 bits per heavy atom. The summed E-state index contributed by atoms with van der Waals surface area (Å²) in [5.74, 6) is 0.198. The van der Waals surface area contributed by atoms with Gasteiger partial charge in [-0.1, -0.05) is 18.2 Å². The first-order valence-electron chi connectivity index (χ1n) is 5.41. The van der Waals surface area contributed by atoms with Gasteiger partial charge in [-0.3, -0.25) is 4.99 Å². The number of fused-ring (bicyclic) bond motifs is 1. The zero-order valence-corrected chi connectivity index (χ0v) is 10.1. The maximum atomic E-state index is 11.6. The second-order valence-corrected chi connectivity index (χ2v) is 4.16. The molecule has 0 unspecified atom stereocenters. The first-order valence-corrected chi connectivity index (χ1v) is 5.94. The summed E-state index contributed by atoms with van der Waals surface area (Å²) in [6, 6.07) is 7.74. The normalized spacial score (nSPS) is 15.3. The fourth-order valence-electron chi connectivity index (χ4n) is 1.90. The monoisotopic (exact) mass is 260 g/mol. The zero-order chi connectivity index (χ0) is 12.5. The Morgan fingerprint density at radius 3 is 3.06 bits per heavy atom. The maximum Gasteiger partial charge on any atom is 0.364 e. The smallest absolute Gasteiger partial charge is 0.338 e. The molecule has 0 saturated carbocycles. The van der Waals surface area contributed by atoms with Crippen LogP contribution in [0.4, 0.5) is 5.69 Å². The molecule has 1 aliphatic rings. The van der Waals surface area contributed by atoms with E-state index in [1.165, 1.54) is 0 Å². The number of halogens is 1. The van der Waals surface area contributed by atoms with E-state index in [0.717, 1.165) is 16.8 Å². The molecule has 0 amide bonds. The van der Waals surface area contributed by atoms with Crippen LogP contribution in [0.5, 0.6) is 0 Å². The molecule has 0 saturated heterocycles. The summed E-state index contributed by atoms with van der Waals surface area (Å²) < 4.78 is 4.73. The third kappa shape index (κ3) is 1.71. The largest absolute Gasteiger partial charge is 0.364 e. The number of aromatic amines is 1.